The summed E-state index contributed by atoms with van der Waals surface area (Å²) >= 11 is 1.79. The van der Waals surface area contributed by atoms with Crippen molar-refractivity contribution < 1.29 is 5.11 Å². The largest absolute Gasteiger partial charge is 0.390 e. The predicted molar refractivity (Wildman–Crippen MR) is 87.4 cm³/mol. The molecular formula is C18H25NOS. The molecule has 3 heteroatoms. The third-order valence-electron chi connectivity index (χ3n) is 5.86. The first-order valence-electron chi connectivity index (χ1n) is 8.19. The zero-order valence-electron chi connectivity index (χ0n) is 12.8. The zero-order chi connectivity index (χ0) is 14.5. The van der Waals surface area contributed by atoms with Crippen molar-refractivity contribution in [3.8, 4) is 0 Å². The van der Waals surface area contributed by atoms with Gasteiger partial charge in [-0.05, 0) is 74.3 Å². The first kappa shape index (κ1) is 14.1. The number of thioether (sulfide) groups is 1. The van der Waals surface area contributed by atoms with Gasteiger partial charge in [0.15, 0.2) is 0 Å². The Morgan fingerprint density at radius 3 is 2.38 bits per heavy atom. The molecule has 4 bridgehead atoms. The summed E-state index contributed by atoms with van der Waals surface area (Å²) in [6, 6.07) is 8.87. The monoisotopic (exact) mass is 303 g/mol. The van der Waals surface area contributed by atoms with Crippen LogP contribution in [0.25, 0.3) is 0 Å². The molecular weight excluding hydrogens is 278 g/mol. The second-order valence-corrected chi connectivity index (χ2v) is 8.55. The SMILES string of the molecule is CSc1ccc(CNC23C[C@@H]4C[C@@H](CC(O)(C4)C2)C3)cc1. The summed E-state index contributed by atoms with van der Waals surface area (Å²) in [5.74, 6) is 1.50. The van der Waals surface area contributed by atoms with Crippen molar-refractivity contribution in [2.75, 3.05) is 6.26 Å². The fourth-order valence-electron chi connectivity index (χ4n) is 5.45. The van der Waals surface area contributed by atoms with E-state index in [1.807, 2.05) is 0 Å². The van der Waals surface area contributed by atoms with Crippen molar-refractivity contribution in [2.45, 2.75) is 61.1 Å². The first-order valence-corrected chi connectivity index (χ1v) is 9.41. The quantitative estimate of drug-likeness (QED) is 0.834. The number of hydrogen-bond acceptors (Lipinski definition) is 3. The minimum absolute atomic E-state index is 0.205. The van der Waals surface area contributed by atoms with Crippen LogP contribution in [0.5, 0.6) is 0 Å². The topological polar surface area (TPSA) is 32.3 Å². The summed E-state index contributed by atoms with van der Waals surface area (Å²) in [4.78, 5) is 1.32. The van der Waals surface area contributed by atoms with E-state index in [-0.39, 0.29) is 11.1 Å². The number of rotatable bonds is 4. The van der Waals surface area contributed by atoms with Crippen molar-refractivity contribution in [3.05, 3.63) is 29.8 Å². The van der Waals surface area contributed by atoms with Crippen LogP contribution in [0.3, 0.4) is 0 Å². The van der Waals surface area contributed by atoms with Crippen LogP contribution in [-0.4, -0.2) is 22.5 Å². The molecule has 2 N–H and O–H groups in total. The minimum Gasteiger partial charge on any atom is -0.390 e. The average molecular weight is 303 g/mol. The Morgan fingerprint density at radius 2 is 1.81 bits per heavy atom. The summed E-state index contributed by atoms with van der Waals surface area (Å²) < 4.78 is 0. The fourth-order valence-corrected chi connectivity index (χ4v) is 5.86. The van der Waals surface area contributed by atoms with Gasteiger partial charge >= 0.3 is 0 Å². The smallest absolute Gasteiger partial charge is 0.0670 e. The molecule has 0 aliphatic heterocycles. The van der Waals surface area contributed by atoms with Gasteiger partial charge in [-0.15, -0.1) is 11.8 Å². The number of aliphatic hydroxyl groups is 1. The molecule has 4 saturated carbocycles. The molecule has 0 radical (unpaired) electrons. The van der Waals surface area contributed by atoms with Crippen molar-refractivity contribution in [1.29, 1.82) is 0 Å². The predicted octanol–water partition coefficient (Wildman–Crippen LogP) is 3.58. The Morgan fingerprint density at radius 1 is 1.14 bits per heavy atom. The summed E-state index contributed by atoms with van der Waals surface area (Å²) in [6.07, 6.45) is 9.08. The highest BCUT2D eigenvalue weighted by Crippen LogP contribution is 2.57. The van der Waals surface area contributed by atoms with Gasteiger partial charge in [-0.1, -0.05) is 12.1 Å². The van der Waals surface area contributed by atoms with Gasteiger partial charge in [0.1, 0.15) is 0 Å². The molecule has 21 heavy (non-hydrogen) atoms. The summed E-state index contributed by atoms with van der Waals surface area (Å²) in [5.41, 5.74) is 1.20. The van der Waals surface area contributed by atoms with Crippen LogP contribution in [-0.2, 0) is 6.54 Å². The van der Waals surface area contributed by atoms with Crippen LogP contribution < -0.4 is 5.32 Å². The Bertz CT molecular complexity index is 513. The lowest BCUT2D eigenvalue weighted by Crippen LogP contribution is -2.64. The minimum atomic E-state index is -0.361. The Kier molecular flexibility index (Phi) is 3.36. The maximum Gasteiger partial charge on any atom is 0.0670 e. The van der Waals surface area contributed by atoms with Gasteiger partial charge in [-0.25, -0.2) is 0 Å². The number of benzene rings is 1. The van der Waals surface area contributed by atoms with Crippen LogP contribution in [0.15, 0.2) is 29.2 Å². The van der Waals surface area contributed by atoms with Crippen LogP contribution in [0.4, 0.5) is 0 Å². The zero-order valence-corrected chi connectivity index (χ0v) is 13.6. The van der Waals surface area contributed by atoms with Crippen molar-refractivity contribution in [3.63, 3.8) is 0 Å². The van der Waals surface area contributed by atoms with Gasteiger partial charge in [0.05, 0.1) is 5.60 Å². The summed E-state index contributed by atoms with van der Waals surface area (Å²) in [7, 11) is 0. The van der Waals surface area contributed by atoms with E-state index in [1.54, 1.807) is 11.8 Å². The molecule has 0 amide bonds. The fraction of sp³-hybridized carbons (Fsp3) is 0.667. The van der Waals surface area contributed by atoms with E-state index in [0.29, 0.717) is 0 Å². The Balaban J connectivity index is 1.46. The van der Waals surface area contributed by atoms with Gasteiger partial charge in [-0.3, -0.25) is 0 Å². The highest BCUT2D eigenvalue weighted by Gasteiger charge is 2.56. The van der Waals surface area contributed by atoms with Gasteiger partial charge in [0.25, 0.3) is 0 Å². The van der Waals surface area contributed by atoms with Crippen LogP contribution in [0.2, 0.25) is 0 Å². The van der Waals surface area contributed by atoms with Crippen LogP contribution in [0, 0.1) is 11.8 Å². The highest BCUT2D eigenvalue weighted by molar-refractivity contribution is 7.98. The molecule has 114 valence electrons. The molecule has 0 heterocycles. The molecule has 5 rings (SSSR count). The molecule has 4 aliphatic carbocycles. The van der Waals surface area contributed by atoms with Gasteiger partial charge in [-0.2, -0.15) is 0 Å². The van der Waals surface area contributed by atoms with E-state index < -0.39 is 0 Å². The van der Waals surface area contributed by atoms with E-state index in [9.17, 15) is 5.11 Å². The molecule has 2 nitrogen and oxygen atoms in total. The first-order chi connectivity index (χ1) is 10.1. The third kappa shape index (κ3) is 2.64. The number of hydrogen-bond donors (Lipinski definition) is 2. The van der Waals surface area contributed by atoms with E-state index in [4.69, 9.17) is 0 Å². The van der Waals surface area contributed by atoms with Crippen molar-refractivity contribution in [1.82, 2.24) is 5.32 Å². The lowest BCUT2D eigenvalue weighted by molar-refractivity contribution is -0.142. The molecule has 0 spiro atoms. The molecule has 2 unspecified atom stereocenters. The normalized spacial score (nSPS) is 40.7. The average Bonchev–Trinajstić information content (AvgIpc) is 2.43. The van der Waals surface area contributed by atoms with Crippen molar-refractivity contribution in [2.24, 2.45) is 11.8 Å². The van der Waals surface area contributed by atoms with E-state index in [2.05, 4.69) is 35.8 Å². The molecule has 4 fully saturated rings. The Hall–Kier alpha value is -0.510. The summed E-state index contributed by atoms with van der Waals surface area (Å²) in [6.45, 7) is 0.935. The maximum absolute atomic E-state index is 10.8. The lowest BCUT2D eigenvalue weighted by Gasteiger charge is -2.60. The molecule has 1 aromatic rings. The van der Waals surface area contributed by atoms with Crippen molar-refractivity contribution >= 4 is 11.8 Å². The maximum atomic E-state index is 10.8. The van der Waals surface area contributed by atoms with Gasteiger partial charge in [0, 0.05) is 17.0 Å². The molecule has 1 aromatic carbocycles. The number of nitrogens with one attached hydrogen (secondary N) is 1. The third-order valence-corrected chi connectivity index (χ3v) is 6.60. The van der Waals surface area contributed by atoms with Gasteiger partial charge < -0.3 is 10.4 Å². The second kappa shape index (κ2) is 5.00. The molecule has 4 atom stereocenters. The highest BCUT2D eigenvalue weighted by atomic mass is 32.2. The van der Waals surface area contributed by atoms with Crippen LogP contribution >= 0.6 is 11.8 Å². The second-order valence-electron chi connectivity index (χ2n) is 7.67. The molecule has 0 saturated heterocycles. The van der Waals surface area contributed by atoms with E-state index in [0.717, 1.165) is 37.6 Å². The van der Waals surface area contributed by atoms with E-state index >= 15 is 0 Å². The van der Waals surface area contributed by atoms with Crippen LogP contribution in [0.1, 0.15) is 44.1 Å². The Labute approximate surface area is 131 Å². The van der Waals surface area contributed by atoms with Gasteiger partial charge in [0.2, 0.25) is 0 Å². The van der Waals surface area contributed by atoms with E-state index in [1.165, 1.54) is 29.7 Å². The lowest BCUT2D eigenvalue weighted by atomic mass is 9.51. The summed E-state index contributed by atoms with van der Waals surface area (Å²) in [5, 5.41) is 14.6. The molecule has 0 aromatic heterocycles. The molecule has 4 aliphatic rings. The standard InChI is InChI=1S/C18H25NOS/c1-21-16-4-2-13(3-5-16)11-19-17-7-14-6-15(8-17)10-18(20,9-14)12-17/h2-5,14-15,19-20H,6-12H2,1H3/t14-,15+,17?,18?.